The number of carbonyl (C=O) groups excluding carboxylic acids is 1. The van der Waals surface area contributed by atoms with E-state index >= 15 is 0 Å². The summed E-state index contributed by atoms with van der Waals surface area (Å²) in [5.41, 5.74) is 4.61. The third-order valence-electron chi connectivity index (χ3n) is 2.91. The molecule has 0 atom stereocenters. The van der Waals surface area contributed by atoms with E-state index in [1.54, 1.807) is 17.0 Å². The first kappa shape index (κ1) is 14.0. The van der Waals surface area contributed by atoms with Gasteiger partial charge in [-0.15, -0.1) is 10.2 Å². The maximum Gasteiger partial charge on any atom is 0.278 e. The molecule has 3 N–H and O–H groups in total. The van der Waals surface area contributed by atoms with E-state index in [1.807, 2.05) is 38.1 Å². The standard InChI is InChI=1S/C14H17N5O/c1-3-19(11-6-4-5-10(2)9-11)14(20)12-7-8-13(16-15)18-17-12/h4-9H,3,15H2,1-2H3,(H,16,18). The molecule has 6 nitrogen and oxygen atoms in total. The van der Waals surface area contributed by atoms with Gasteiger partial charge in [0.05, 0.1) is 0 Å². The van der Waals surface area contributed by atoms with E-state index in [2.05, 4.69) is 15.6 Å². The van der Waals surface area contributed by atoms with Gasteiger partial charge >= 0.3 is 0 Å². The van der Waals surface area contributed by atoms with Crippen LogP contribution in [0.25, 0.3) is 0 Å². The van der Waals surface area contributed by atoms with Gasteiger partial charge in [-0.1, -0.05) is 12.1 Å². The molecule has 0 saturated heterocycles. The van der Waals surface area contributed by atoms with E-state index in [-0.39, 0.29) is 11.6 Å². The minimum absolute atomic E-state index is 0.186. The Balaban J connectivity index is 2.28. The van der Waals surface area contributed by atoms with Crippen LogP contribution < -0.4 is 16.2 Å². The first-order chi connectivity index (χ1) is 9.65. The predicted octanol–water partition coefficient (Wildman–Crippen LogP) is 1.74. The minimum atomic E-state index is -0.186. The van der Waals surface area contributed by atoms with Gasteiger partial charge in [0.2, 0.25) is 0 Å². The Labute approximate surface area is 117 Å². The molecule has 0 unspecified atom stereocenters. The summed E-state index contributed by atoms with van der Waals surface area (Å²) in [7, 11) is 0. The summed E-state index contributed by atoms with van der Waals surface area (Å²) in [6, 6.07) is 11.0. The van der Waals surface area contributed by atoms with Crippen LogP contribution in [0.1, 0.15) is 23.0 Å². The second kappa shape index (κ2) is 6.12. The molecule has 1 aromatic heterocycles. The number of aryl methyl sites for hydroxylation is 1. The number of hydrogen-bond acceptors (Lipinski definition) is 5. The molecule has 0 spiro atoms. The fourth-order valence-electron chi connectivity index (χ4n) is 1.90. The first-order valence-electron chi connectivity index (χ1n) is 6.34. The molecule has 0 aliphatic carbocycles. The van der Waals surface area contributed by atoms with Crippen molar-refractivity contribution in [2.24, 2.45) is 5.84 Å². The van der Waals surface area contributed by atoms with Crippen molar-refractivity contribution in [3.8, 4) is 0 Å². The number of hydrazine groups is 1. The monoisotopic (exact) mass is 271 g/mol. The second-order valence-electron chi connectivity index (χ2n) is 4.34. The first-order valence-corrected chi connectivity index (χ1v) is 6.34. The number of carbonyl (C=O) groups is 1. The average molecular weight is 271 g/mol. The van der Waals surface area contributed by atoms with Crippen LogP contribution in [-0.2, 0) is 0 Å². The van der Waals surface area contributed by atoms with Crippen molar-refractivity contribution >= 4 is 17.4 Å². The van der Waals surface area contributed by atoms with Crippen LogP contribution in [0.3, 0.4) is 0 Å². The Bertz CT molecular complexity index is 597. The number of nitrogens with one attached hydrogen (secondary N) is 1. The molecule has 0 fully saturated rings. The van der Waals surface area contributed by atoms with Gasteiger partial charge in [-0.3, -0.25) is 4.79 Å². The molecule has 0 bridgehead atoms. The molecular formula is C14H17N5O. The number of rotatable bonds is 4. The van der Waals surface area contributed by atoms with E-state index in [0.717, 1.165) is 11.3 Å². The fraction of sp³-hybridized carbons (Fsp3) is 0.214. The topological polar surface area (TPSA) is 84.1 Å². The highest BCUT2D eigenvalue weighted by Gasteiger charge is 2.17. The fourth-order valence-corrected chi connectivity index (χ4v) is 1.90. The highest BCUT2D eigenvalue weighted by Crippen LogP contribution is 2.18. The molecule has 1 amide bonds. The number of nitrogens with two attached hydrogens (primary N) is 1. The molecule has 2 rings (SSSR count). The maximum absolute atomic E-state index is 12.5. The number of nitrogens with zero attached hydrogens (tertiary/aromatic N) is 3. The minimum Gasteiger partial charge on any atom is -0.307 e. The quantitative estimate of drug-likeness (QED) is 0.653. The number of anilines is 2. The number of nitrogen functional groups attached to an aromatic ring is 1. The highest BCUT2D eigenvalue weighted by atomic mass is 16.2. The van der Waals surface area contributed by atoms with Crippen molar-refractivity contribution in [1.29, 1.82) is 0 Å². The van der Waals surface area contributed by atoms with E-state index in [9.17, 15) is 4.79 Å². The van der Waals surface area contributed by atoms with Crippen molar-refractivity contribution in [2.75, 3.05) is 16.9 Å². The number of hydrogen-bond donors (Lipinski definition) is 2. The molecule has 1 heterocycles. The molecule has 0 aliphatic rings. The lowest BCUT2D eigenvalue weighted by Crippen LogP contribution is -2.31. The molecule has 0 aliphatic heterocycles. The Kier molecular flexibility index (Phi) is 4.27. The van der Waals surface area contributed by atoms with E-state index < -0.39 is 0 Å². The summed E-state index contributed by atoms with van der Waals surface area (Å²) in [5, 5.41) is 7.70. The molecule has 104 valence electrons. The van der Waals surface area contributed by atoms with Crippen LogP contribution in [0.15, 0.2) is 36.4 Å². The van der Waals surface area contributed by atoms with Crippen molar-refractivity contribution < 1.29 is 4.79 Å². The molecule has 6 heteroatoms. The Morgan fingerprint density at radius 3 is 2.65 bits per heavy atom. The summed E-state index contributed by atoms with van der Waals surface area (Å²) in [4.78, 5) is 14.1. The third kappa shape index (κ3) is 2.92. The normalized spacial score (nSPS) is 10.2. The average Bonchev–Trinajstić information content (AvgIpc) is 2.48. The lowest BCUT2D eigenvalue weighted by molar-refractivity contribution is 0.0982. The van der Waals surface area contributed by atoms with E-state index in [1.165, 1.54) is 0 Å². The van der Waals surface area contributed by atoms with Crippen LogP contribution in [0.5, 0.6) is 0 Å². The summed E-state index contributed by atoms with van der Waals surface area (Å²) in [6.07, 6.45) is 0. The largest absolute Gasteiger partial charge is 0.307 e. The Morgan fingerprint density at radius 1 is 1.30 bits per heavy atom. The molecule has 0 radical (unpaired) electrons. The molecule has 20 heavy (non-hydrogen) atoms. The smallest absolute Gasteiger partial charge is 0.278 e. The third-order valence-corrected chi connectivity index (χ3v) is 2.91. The second-order valence-corrected chi connectivity index (χ2v) is 4.34. The van der Waals surface area contributed by atoms with Gasteiger partial charge in [0.25, 0.3) is 5.91 Å². The van der Waals surface area contributed by atoms with Crippen LogP contribution in [0.4, 0.5) is 11.5 Å². The lowest BCUT2D eigenvalue weighted by atomic mass is 10.2. The SMILES string of the molecule is CCN(C(=O)c1ccc(NN)nn1)c1cccc(C)c1. The zero-order valence-electron chi connectivity index (χ0n) is 11.5. The summed E-state index contributed by atoms with van der Waals surface area (Å²) < 4.78 is 0. The summed E-state index contributed by atoms with van der Waals surface area (Å²) in [5.74, 6) is 5.45. The van der Waals surface area contributed by atoms with Crippen LogP contribution in [0.2, 0.25) is 0 Å². The van der Waals surface area contributed by atoms with Crippen molar-refractivity contribution in [3.05, 3.63) is 47.7 Å². The van der Waals surface area contributed by atoms with Crippen LogP contribution >= 0.6 is 0 Å². The van der Waals surface area contributed by atoms with Gasteiger partial charge in [0.1, 0.15) is 0 Å². The summed E-state index contributed by atoms with van der Waals surface area (Å²) >= 11 is 0. The zero-order chi connectivity index (χ0) is 14.5. The lowest BCUT2D eigenvalue weighted by Gasteiger charge is -2.20. The molecular weight excluding hydrogens is 254 g/mol. The van der Waals surface area contributed by atoms with Gasteiger partial charge < -0.3 is 10.3 Å². The van der Waals surface area contributed by atoms with E-state index in [4.69, 9.17) is 5.84 Å². The Hall–Kier alpha value is -2.47. The van der Waals surface area contributed by atoms with Gasteiger partial charge in [-0.05, 0) is 43.7 Å². The number of aromatic nitrogens is 2. The van der Waals surface area contributed by atoms with Gasteiger partial charge in [0, 0.05) is 12.2 Å². The predicted molar refractivity (Wildman–Crippen MR) is 78.4 cm³/mol. The van der Waals surface area contributed by atoms with Gasteiger partial charge in [0.15, 0.2) is 11.5 Å². The van der Waals surface area contributed by atoms with Crippen LogP contribution in [-0.4, -0.2) is 22.6 Å². The summed E-state index contributed by atoms with van der Waals surface area (Å²) in [6.45, 7) is 4.47. The Morgan fingerprint density at radius 2 is 2.10 bits per heavy atom. The zero-order valence-corrected chi connectivity index (χ0v) is 11.5. The highest BCUT2D eigenvalue weighted by molar-refractivity contribution is 6.04. The van der Waals surface area contributed by atoms with Crippen molar-refractivity contribution in [1.82, 2.24) is 10.2 Å². The van der Waals surface area contributed by atoms with Gasteiger partial charge in [-0.2, -0.15) is 0 Å². The van der Waals surface area contributed by atoms with Crippen LogP contribution in [0, 0.1) is 6.92 Å². The van der Waals surface area contributed by atoms with Gasteiger partial charge in [-0.25, -0.2) is 5.84 Å². The van der Waals surface area contributed by atoms with Crippen molar-refractivity contribution in [3.63, 3.8) is 0 Å². The molecule has 2 aromatic rings. The maximum atomic E-state index is 12.5. The molecule has 1 aromatic carbocycles. The molecule has 0 saturated carbocycles. The number of amides is 1. The number of benzene rings is 1. The van der Waals surface area contributed by atoms with Crippen molar-refractivity contribution in [2.45, 2.75) is 13.8 Å². The van der Waals surface area contributed by atoms with E-state index in [0.29, 0.717) is 12.4 Å².